The van der Waals surface area contributed by atoms with Crippen LogP contribution in [0.4, 0.5) is 11.4 Å². The zero-order valence-electron chi connectivity index (χ0n) is 12.4. The molecule has 0 aliphatic rings. The highest BCUT2D eigenvalue weighted by Gasteiger charge is 2.20. The summed E-state index contributed by atoms with van der Waals surface area (Å²) in [7, 11) is -3.89. The van der Waals surface area contributed by atoms with Gasteiger partial charge in [0, 0.05) is 17.8 Å². The van der Waals surface area contributed by atoms with E-state index in [1.807, 2.05) is 0 Å². The predicted molar refractivity (Wildman–Crippen MR) is 85.8 cm³/mol. The van der Waals surface area contributed by atoms with E-state index in [4.69, 9.17) is 10.2 Å². The van der Waals surface area contributed by atoms with Crippen molar-refractivity contribution >= 4 is 33.3 Å². The molecule has 0 saturated carbocycles. The van der Waals surface area contributed by atoms with Crippen LogP contribution in [0.5, 0.6) is 0 Å². The molecule has 10 nitrogen and oxygen atoms in total. The molecular formula is C14H11N3O7S. The summed E-state index contributed by atoms with van der Waals surface area (Å²) in [6.45, 7) is 0. The van der Waals surface area contributed by atoms with E-state index in [0.29, 0.717) is 0 Å². The number of nitrogens with zero attached hydrogens (tertiary/aromatic N) is 1. The summed E-state index contributed by atoms with van der Waals surface area (Å²) in [6.07, 6.45) is 0. The average molecular weight is 365 g/mol. The van der Waals surface area contributed by atoms with Crippen LogP contribution in [0.2, 0.25) is 0 Å². The van der Waals surface area contributed by atoms with Gasteiger partial charge < -0.3 is 10.4 Å². The fourth-order valence-electron chi connectivity index (χ4n) is 1.95. The average Bonchev–Trinajstić information content (AvgIpc) is 2.53. The van der Waals surface area contributed by atoms with Gasteiger partial charge in [0.1, 0.15) is 0 Å². The minimum atomic E-state index is -3.89. The number of amides is 1. The molecule has 0 atom stereocenters. The van der Waals surface area contributed by atoms with Gasteiger partial charge in [-0.2, -0.15) is 0 Å². The van der Waals surface area contributed by atoms with E-state index in [0.717, 1.165) is 18.2 Å². The van der Waals surface area contributed by atoms with E-state index in [9.17, 15) is 28.1 Å². The number of benzene rings is 2. The molecule has 0 radical (unpaired) electrons. The van der Waals surface area contributed by atoms with E-state index >= 15 is 0 Å². The van der Waals surface area contributed by atoms with Crippen LogP contribution in [0.3, 0.4) is 0 Å². The largest absolute Gasteiger partial charge is 0.478 e. The maximum Gasteiger partial charge on any atom is 0.336 e. The first kappa shape index (κ1) is 18.0. The maximum atomic E-state index is 12.2. The Bertz CT molecular complexity index is 968. The van der Waals surface area contributed by atoms with Crippen LogP contribution in [0.1, 0.15) is 20.7 Å². The molecule has 2 aromatic carbocycles. The standard InChI is InChI=1S/C14H11N3O7S/c15-25(23,24)10-4-1-8(2-5-10)16-13(18)11-6-3-9(17(21)22)7-12(11)14(19)20/h1-7H,(H,16,18)(H,19,20)(H2,15,23,24). The third kappa shape index (κ3) is 4.16. The van der Waals surface area contributed by atoms with Crippen molar-refractivity contribution in [2.45, 2.75) is 4.90 Å². The third-order valence-corrected chi connectivity index (χ3v) is 4.06. The number of non-ortho nitro benzene ring substituents is 1. The number of anilines is 1. The zero-order valence-corrected chi connectivity index (χ0v) is 13.2. The number of carboxylic acid groups (broad SMARTS) is 1. The van der Waals surface area contributed by atoms with Gasteiger partial charge in [-0.3, -0.25) is 14.9 Å². The molecule has 130 valence electrons. The van der Waals surface area contributed by atoms with Crippen molar-refractivity contribution in [2.24, 2.45) is 5.14 Å². The summed E-state index contributed by atoms with van der Waals surface area (Å²) < 4.78 is 22.3. The molecule has 0 unspecified atom stereocenters. The van der Waals surface area contributed by atoms with Crippen LogP contribution in [0, 0.1) is 10.1 Å². The Balaban J connectivity index is 2.32. The number of hydrogen-bond donors (Lipinski definition) is 3. The van der Waals surface area contributed by atoms with Gasteiger partial charge in [0.25, 0.3) is 11.6 Å². The fourth-order valence-corrected chi connectivity index (χ4v) is 2.46. The quantitative estimate of drug-likeness (QED) is 0.527. The lowest BCUT2D eigenvalue weighted by molar-refractivity contribution is -0.384. The number of rotatable bonds is 5. The smallest absolute Gasteiger partial charge is 0.336 e. The molecule has 0 aliphatic heterocycles. The Hall–Kier alpha value is -3.31. The highest BCUT2D eigenvalue weighted by molar-refractivity contribution is 7.89. The number of hydrogen-bond acceptors (Lipinski definition) is 6. The van der Waals surface area contributed by atoms with Gasteiger partial charge in [0.15, 0.2) is 0 Å². The Morgan fingerprint density at radius 2 is 1.68 bits per heavy atom. The van der Waals surface area contributed by atoms with Crippen LogP contribution >= 0.6 is 0 Å². The summed E-state index contributed by atoms with van der Waals surface area (Å²) in [5.41, 5.74) is -1.10. The van der Waals surface area contributed by atoms with E-state index in [2.05, 4.69) is 5.32 Å². The molecule has 11 heteroatoms. The summed E-state index contributed by atoms with van der Waals surface area (Å²) in [4.78, 5) is 33.2. The first-order chi connectivity index (χ1) is 11.6. The molecule has 0 fully saturated rings. The van der Waals surface area contributed by atoms with Gasteiger partial charge in [-0.05, 0) is 30.3 Å². The van der Waals surface area contributed by atoms with Gasteiger partial charge in [-0.15, -0.1) is 0 Å². The number of nitro groups is 1. The van der Waals surface area contributed by atoms with Gasteiger partial charge in [-0.1, -0.05) is 0 Å². The van der Waals surface area contributed by atoms with Crippen molar-refractivity contribution in [3.63, 3.8) is 0 Å². The second-order valence-corrected chi connectivity index (χ2v) is 6.38. The van der Waals surface area contributed by atoms with Crippen LogP contribution in [0.25, 0.3) is 0 Å². The van der Waals surface area contributed by atoms with Crippen LogP contribution in [-0.4, -0.2) is 30.3 Å². The molecule has 0 heterocycles. The number of nitrogens with two attached hydrogens (primary N) is 1. The van der Waals surface area contributed by atoms with E-state index in [1.165, 1.54) is 24.3 Å². The first-order valence-electron chi connectivity index (χ1n) is 6.55. The van der Waals surface area contributed by atoms with Crippen LogP contribution in [0.15, 0.2) is 47.4 Å². The van der Waals surface area contributed by atoms with Crippen molar-refractivity contribution < 1.29 is 28.0 Å². The summed E-state index contributed by atoms with van der Waals surface area (Å²) in [5, 5.41) is 27.2. The lowest BCUT2D eigenvalue weighted by atomic mass is 10.1. The molecule has 4 N–H and O–H groups in total. The lowest BCUT2D eigenvalue weighted by Gasteiger charge is -2.08. The van der Waals surface area contributed by atoms with Crippen LogP contribution in [-0.2, 0) is 10.0 Å². The second kappa shape index (κ2) is 6.67. The minimum absolute atomic E-state index is 0.160. The molecule has 0 aromatic heterocycles. The summed E-state index contributed by atoms with van der Waals surface area (Å²) in [5.74, 6) is -2.32. The number of carbonyl (C=O) groups excluding carboxylic acids is 1. The maximum absolute atomic E-state index is 12.2. The SMILES string of the molecule is NS(=O)(=O)c1ccc(NC(=O)c2ccc([N+](=O)[O-])cc2C(=O)O)cc1. The number of nitrogens with one attached hydrogen (secondary N) is 1. The molecule has 0 bridgehead atoms. The van der Waals surface area contributed by atoms with Crippen molar-refractivity contribution in [3.05, 3.63) is 63.7 Å². The normalized spacial score (nSPS) is 10.9. The number of aromatic carboxylic acids is 1. The molecule has 1 amide bonds. The fraction of sp³-hybridized carbons (Fsp3) is 0. The van der Waals surface area contributed by atoms with Gasteiger partial charge >= 0.3 is 5.97 Å². The van der Waals surface area contributed by atoms with Gasteiger partial charge in [-0.25, -0.2) is 18.4 Å². The molecule has 0 spiro atoms. The Kier molecular flexibility index (Phi) is 4.81. The highest BCUT2D eigenvalue weighted by Crippen LogP contribution is 2.20. The molecule has 2 rings (SSSR count). The molecule has 0 aliphatic carbocycles. The monoisotopic (exact) mass is 365 g/mol. The molecular weight excluding hydrogens is 354 g/mol. The molecule has 0 saturated heterocycles. The Labute approximate surface area is 141 Å². The van der Waals surface area contributed by atoms with Gasteiger partial charge in [0.05, 0.1) is 20.9 Å². The van der Waals surface area contributed by atoms with Crippen molar-refractivity contribution in [1.82, 2.24) is 0 Å². The third-order valence-electron chi connectivity index (χ3n) is 3.13. The summed E-state index contributed by atoms with van der Waals surface area (Å²) in [6, 6.07) is 7.67. The van der Waals surface area contributed by atoms with Crippen molar-refractivity contribution in [1.29, 1.82) is 0 Å². The first-order valence-corrected chi connectivity index (χ1v) is 8.10. The zero-order chi connectivity index (χ0) is 18.8. The highest BCUT2D eigenvalue weighted by atomic mass is 32.2. The molecule has 25 heavy (non-hydrogen) atoms. The topological polar surface area (TPSA) is 170 Å². The van der Waals surface area contributed by atoms with E-state index in [-0.39, 0.29) is 16.1 Å². The van der Waals surface area contributed by atoms with Gasteiger partial charge in [0.2, 0.25) is 10.0 Å². The Morgan fingerprint density at radius 3 is 2.16 bits per heavy atom. The number of carboxylic acids is 1. The minimum Gasteiger partial charge on any atom is -0.478 e. The summed E-state index contributed by atoms with van der Waals surface area (Å²) >= 11 is 0. The van der Waals surface area contributed by atoms with Crippen molar-refractivity contribution in [2.75, 3.05) is 5.32 Å². The number of primary sulfonamides is 1. The predicted octanol–water partition coefficient (Wildman–Crippen LogP) is 1.19. The number of sulfonamides is 1. The number of carbonyl (C=O) groups is 2. The van der Waals surface area contributed by atoms with E-state index < -0.39 is 38.1 Å². The lowest BCUT2D eigenvalue weighted by Crippen LogP contribution is -2.17. The molecule has 2 aromatic rings. The Morgan fingerprint density at radius 1 is 1.08 bits per heavy atom. The second-order valence-electron chi connectivity index (χ2n) is 4.82. The van der Waals surface area contributed by atoms with Crippen LogP contribution < -0.4 is 10.5 Å². The van der Waals surface area contributed by atoms with Crippen molar-refractivity contribution in [3.8, 4) is 0 Å². The number of nitro benzene ring substituents is 1. The van der Waals surface area contributed by atoms with E-state index in [1.54, 1.807) is 0 Å².